The third-order valence-corrected chi connectivity index (χ3v) is 3.42. The van der Waals surface area contributed by atoms with Crippen molar-refractivity contribution < 1.29 is 4.79 Å². The topological polar surface area (TPSA) is 127 Å². The average Bonchev–Trinajstić information content (AvgIpc) is 2.69. The van der Waals surface area contributed by atoms with Gasteiger partial charge in [-0.15, -0.1) is 10.2 Å². The van der Waals surface area contributed by atoms with E-state index in [0.717, 1.165) is 4.68 Å². The Balaban J connectivity index is 1.39. The highest BCUT2D eigenvalue weighted by Gasteiger charge is 2.04. The Morgan fingerprint density at radius 2 is 1.78 bits per heavy atom. The largest absolute Gasteiger partial charge is 0.367 e. The number of amides is 1. The van der Waals surface area contributed by atoms with Crippen LogP contribution in [-0.2, 0) is 11.3 Å². The molecule has 0 unspecified atom stereocenters. The molecule has 138 valence electrons. The average molecular weight is 366 g/mol. The van der Waals surface area contributed by atoms with E-state index in [-0.39, 0.29) is 18.0 Å². The second-order valence-electron chi connectivity index (χ2n) is 5.44. The fraction of sp³-hybridized carbons (Fsp3) is 0.176. The van der Waals surface area contributed by atoms with Crippen molar-refractivity contribution in [1.82, 2.24) is 30.3 Å². The molecule has 0 saturated carbocycles. The second kappa shape index (κ2) is 9.04. The number of carbonyl (C=O) groups excluding carboxylic acids is 1. The fourth-order valence-corrected chi connectivity index (χ4v) is 2.15. The summed E-state index contributed by atoms with van der Waals surface area (Å²) in [6.07, 6.45) is 3.14. The maximum atomic E-state index is 11.8. The van der Waals surface area contributed by atoms with Crippen LogP contribution in [0, 0.1) is 0 Å². The predicted octanol–water partition coefficient (Wildman–Crippen LogP) is 0.400. The van der Waals surface area contributed by atoms with E-state index >= 15 is 0 Å². The lowest BCUT2D eigenvalue weighted by Crippen LogP contribution is -2.35. The molecular weight excluding hydrogens is 348 g/mol. The Morgan fingerprint density at radius 3 is 2.52 bits per heavy atom. The maximum absolute atomic E-state index is 11.8. The van der Waals surface area contributed by atoms with E-state index in [1.165, 1.54) is 18.3 Å². The lowest BCUT2D eigenvalue weighted by molar-refractivity contribution is -0.121. The first-order valence-electron chi connectivity index (χ1n) is 8.25. The first-order valence-corrected chi connectivity index (χ1v) is 8.25. The van der Waals surface area contributed by atoms with Gasteiger partial charge in [0, 0.05) is 31.5 Å². The molecule has 0 radical (unpaired) electrons. The van der Waals surface area contributed by atoms with Crippen LogP contribution in [0.25, 0.3) is 0 Å². The SMILES string of the molecule is O=C(Cn1ncccc1=O)NCCNc1ccc(Nc2ccccn2)nn1. The summed E-state index contributed by atoms with van der Waals surface area (Å²) < 4.78 is 1.10. The molecule has 3 aromatic heterocycles. The standard InChI is InChI=1S/C17H18N8O2/c26-16(12-25-17(27)5-3-9-21-25)20-11-10-19-14-6-7-15(24-23-14)22-13-4-1-2-8-18-13/h1-9H,10-12H2,(H,19,23)(H,20,26)(H,18,22,24). The summed E-state index contributed by atoms with van der Waals surface area (Å²) in [5, 5.41) is 20.7. The molecular formula is C17H18N8O2. The van der Waals surface area contributed by atoms with Crippen LogP contribution in [0.3, 0.4) is 0 Å². The number of rotatable bonds is 8. The van der Waals surface area contributed by atoms with Crippen LogP contribution < -0.4 is 21.5 Å². The van der Waals surface area contributed by atoms with E-state index in [9.17, 15) is 9.59 Å². The highest BCUT2D eigenvalue weighted by molar-refractivity contribution is 5.75. The van der Waals surface area contributed by atoms with Crippen LogP contribution in [0.1, 0.15) is 0 Å². The molecule has 10 heteroatoms. The molecule has 3 heterocycles. The number of aromatic nitrogens is 5. The molecule has 0 saturated heterocycles. The minimum Gasteiger partial charge on any atom is -0.367 e. The van der Waals surface area contributed by atoms with Crippen LogP contribution in [0.15, 0.2) is 59.7 Å². The molecule has 3 rings (SSSR count). The molecule has 0 atom stereocenters. The molecule has 0 bridgehead atoms. The zero-order valence-electron chi connectivity index (χ0n) is 14.4. The van der Waals surface area contributed by atoms with Gasteiger partial charge < -0.3 is 16.0 Å². The molecule has 0 fully saturated rings. The van der Waals surface area contributed by atoms with E-state index in [4.69, 9.17) is 0 Å². The van der Waals surface area contributed by atoms with Gasteiger partial charge in [0.2, 0.25) is 5.91 Å². The van der Waals surface area contributed by atoms with E-state index in [2.05, 4.69) is 36.2 Å². The second-order valence-corrected chi connectivity index (χ2v) is 5.44. The number of pyridine rings is 1. The lowest BCUT2D eigenvalue weighted by Gasteiger charge is -2.08. The Labute approximate surface area is 154 Å². The van der Waals surface area contributed by atoms with Gasteiger partial charge in [0.15, 0.2) is 5.82 Å². The molecule has 3 N–H and O–H groups in total. The van der Waals surface area contributed by atoms with Crippen LogP contribution in [0.4, 0.5) is 17.5 Å². The molecule has 3 aromatic rings. The lowest BCUT2D eigenvalue weighted by atomic mass is 10.4. The van der Waals surface area contributed by atoms with E-state index in [0.29, 0.717) is 30.5 Å². The third-order valence-electron chi connectivity index (χ3n) is 3.42. The van der Waals surface area contributed by atoms with Crippen molar-refractivity contribution in [2.75, 3.05) is 23.7 Å². The number of nitrogens with one attached hydrogen (secondary N) is 3. The Hall–Kier alpha value is -3.82. The van der Waals surface area contributed by atoms with Crippen molar-refractivity contribution in [3.63, 3.8) is 0 Å². The van der Waals surface area contributed by atoms with Crippen molar-refractivity contribution >= 4 is 23.4 Å². The van der Waals surface area contributed by atoms with E-state index in [1.807, 2.05) is 18.2 Å². The van der Waals surface area contributed by atoms with E-state index in [1.54, 1.807) is 18.3 Å². The van der Waals surface area contributed by atoms with Crippen molar-refractivity contribution in [2.45, 2.75) is 6.54 Å². The van der Waals surface area contributed by atoms with Crippen molar-refractivity contribution in [3.05, 3.63) is 65.2 Å². The van der Waals surface area contributed by atoms with Gasteiger partial charge in [-0.05, 0) is 30.3 Å². The van der Waals surface area contributed by atoms with Gasteiger partial charge >= 0.3 is 0 Å². The van der Waals surface area contributed by atoms with Gasteiger partial charge in [-0.2, -0.15) is 5.10 Å². The third kappa shape index (κ3) is 5.59. The summed E-state index contributed by atoms with van der Waals surface area (Å²) in [4.78, 5) is 27.5. The highest BCUT2D eigenvalue weighted by Crippen LogP contribution is 2.11. The summed E-state index contributed by atoms with van der Waals surface area (Å²) in [5.41, 5.74) is -0.319. The quantitative estimate of drug-likeness (QED) is 0.489. The molecule has 0 aliphatic carbocycles. The first kappa shape index (κ1) is 18.0. The zero-order valence-corrected chi connectivity index (χ0v) is 14.4. The number of anilines is 3. The molecule has 0 aromatic carbocycles. The Morgan fingerprint density at radius 1 is 0.926 bits per heavy atom. The maximum Gasteiger partial charge on any atom is 0.267 e. The van der Waals surface area contributed by atoms with Gasteiger partial charge in [0.1, 0.15) is 18.2 Å². The van der Waals surface area contributed by atoms with Gasteiger partial charge in [-0.25, -0.2) is 9.67 Å². The summed E-state index contributed by atoms with van der Waals surface area (Å²) in [5.74, 6) is 1.55. The van der Waals surface area contributed by atoms with Crippen LogP contribution in [0.5, 0.6) is 0 Å². The number of nitrogens with zero attached hydrogens (tertiary/aromatic N) is 5. The Kier molecular flexibility index (Phi) is 6.02. The minimum absolute atomic E-state index is 0.118. The van der Waals surface area contributed by atoms with Crippen LogP contribution in [-0.4, -0.2) is 44.0 Å². The van der Waals surface area contributed by atoms with Crippen LogP contribution >= 0.6 is 0 Å². The van der Waals surface area contributed by atoms with Gasteiger partial charge in [0.05, 0.1) is 0 Å². The molecule has 0 aliphatic rings. The summed E-state index contributed by atoms with van der Waals surface area (Å²) >= 11 is 0. The fourth-order valence-electron chi connectivity index (χ4n) is 2.15. The monoisotopic (exact) mass is 366 g/mol. The van der Waals surface area contributed by atoms with Gasteiger partial charge in [-0.3, -0.25) is 9.59 Å². The zero-order chi connectivity index (χ0) is 18.9. The number of carbonyl (C=O) groups is 1. The molecule has 1 amide bonds. The molecule has 0 aliphatic heterocycles. The number of hydrogen-bond donors (Lipinski definition) is 3. The summed E-state index contributed by atoms with van der Waals surface area (Å²) in [6, 6.07) is 12.0. The van der Waals surface area contributed by atoms with Gasteiger partial charge in [-0.1, -0.05) is 6.07 Å². The van der Waals surface area contributed by atoms with E-state index < -0.39 is 0 Å². The normalized spacial score (nSPS) is 10.2. The smallest absolute Gasteiger partial charge is 0.267 e. The number of hydrogen-bond acceptors (Lipinski definition) is 8. The molecule has 0 spiro atoms. The van der Waals surface area contributed by atoms with Crippen molar-refractivity contribution in [3.8, 4) is 0 Å². The molecule has 10 nitrogen and oxygen atoms in total. The first-order chi connectivity index (χ1) is 13.2. The predicted molar refractivity (Wildman–Crippen MR) is 99.5 cm³/mol. The highest BCUT2D eigenvalue weighted by atomic mass is 16.2. The minimum atomic E-state index is -0.319. The summed E-state index contributed by atoms with van der Waals surface area (Å²) in [6.45, 7) is 0.716. The Bertz CT molecular complexity index is 927. The summed E-state index contributed by atoms with van der Waals surface area (Å²) in [7, 11) is 0. The van der Waals surface area contributed by atoms with Crippen LogP contribution in [0.2, 0.25) is 0 Å². The molecule has 27 heavy (non-hydrogen) atoms. The van der Waals surface area contributed by atoms with Crippen molar-refractivity contribution in [2.24, 2.45) is 0 Å². The van der Waals surface area contributed by atoms with Gasteiger partial charge in [0.25, 0.3) is 5.56 Å². The van der Waals surface area contributed by atoms with Crippen molar-refractivity contribution in [1.29, 1.82) is 0 Å².